The second-order valence-corrected chi connectivity index (χ2v) is 6.37. The second kappa shape index (κ2) is 6.48. The van der Waals surface area contributed by atoms with Gasteiger partial charge >= 0.3 is 0 Å². The zero-order valence-electron chi connectivity index (χ0n) is 11.6. The highest BCUT2D eigenvalue weighted by Crippen LogP contribution is 2.37. The van der Waals surface area contributed by atoms with Crippen LogP contribution in [-0.2, 0) is 0 Å². The van der Waals surface area contributed by atoms with Crippen molar-refractivity contribution in [3.63, 3.8) is 0 Å². The molecule has 1 aliphatic rings. The van der Waals surface area contributed by atoms with Gasteiger partial charge in [0.05, 0.1) is 16.8 Å². The summed E-state index contributed by atoms with van der Waals surface area (Å²) >= 11 is 1.54. The number of nitrogens with one attached hydrogen (secondary N) is 1. The summed E-state index contributed by atoms with van der Waals surface area (Å²) in [5.74, 6) is 0.502. The number of carbonyl (C=O) groups excluding carboxylic acids is 1. The van der Waals surface area contributed by atoms with Gasteiger partial charge in [-0.05, 0) is 33.1 Å². The molecule has 2 N–H and O–H groups in total. The fraction of sp³-hybridized carbons (Fsp3) is 0.714. The van der Waals surface area contributed by atoms with Crippen molar-refractivity contribution in [3.8, 4) is 0 Å². The Morgan fingerprint density at radius 2 is 2.21 bits per heavy atom. The predicted molar refractivity (Wildman–Crippen MR) is 76.7 cm³/mol. The monoisotopic (exact) mass is 282 g/mol. The van der Waals surface area contributed by atoms with Crippen molar-refractivity contribution < 1.29 is 9.90 Å². The minimum atomic E-state index is -0.378. The van der Waals surface area contributed by atoms with E-state index in [2.05, 4.69) is 10.3 Å². The number of thiazole rings is 1. The maximum Gasteiger partial charge on any atom is 0.263 e. The predicted octanol–water partition coefficient (Wildman–Crippen LogP) is 2.61. The lowest BCUT2D eigenvalue weighted by Gasteiger charge is -2.05. The van der Waals surface area contributed by atoms with Gasteiger partial charge in [0.1, 0.15) is 4.88 Å². The van der Waals surface area contributed by atoms with Crippen molar-refractivity contribution in [3.05, 3.63) is 15.6 Å². The summed E-state index contributed by atoms with van der Waals surface area (Å²) in [5.41, 5.74) is 0.835. The summed E-state index contributed by atoms with van der Waals surface area (Å²) in [7, 11) is 0. The zero-order chi connectivity index (χ0) is 13.8. The average molecular weight is 282 g/mol. The molecule has 1 aromatic heterocycles. The van der Waals surface area contributed by atoms with Crippen molar-refractivity contribution in [2.45, 2.75) is 58.0 Å². The van der Waals surface area contributed by atoms with E-state index in [1.807, 2.05) is 6.92 Å². The quantitative estimate of drug-likeness (QED) is 0.872. The van der Waals surface area contributed by atoms with Gasteiger partial charge in [0.25, 0.3) is 5.91 Å². The van der Waals surface area contributed by atoms with Crippen molar-refractivity contribution in [2.75, 3.05) is 6.54 Å². The van der Waals surface area contributed by atoms with Gasteiger partial charge in [-0.3, -0.25) is 4.79 Å². The summed E-state index contributed by atoms with van der Waals surface area (Å²) in [6, 6.07) is 0. The first-order chi connectivity index (χ1) is 9.08. The molecule has 1 aromatic rings. The number of aryl methyl sites for hydroxylation is 1. The minimum absolute atomic E-state index is 0.0557. The number of aliphatic hydroxyl groups is 1. The maximum absolute atomic E-state index is 12.1. The molecule has 4 nitrogen and oxygen atoms in total. The van der Waals surface area contributed by atoms with Gasteiger partial charge in [0, 0.05) is 12.5 Å². The van der Waals surface area contributed by atoms with Gasteiger partial charge in [0.15, 0.2) is 0 Å². The number of hydrogen-bond acceptors (Lipinski definition) is 4. The van der Waals surface area contributed by atoms with Gasteiger partial charge in [-0.15, -0.1) is 11.3 Å². The first kappa shape index (κ1) is 14.5. The molecule has 1 fully saturated rings. The number of aromatic nitrogens is 1. The number of amides is 1. The molecule has 0 spiro atoms. The zero-order valence-corrected chi connectivity index (χ0v) is 12.4. The van der Waals surface area contributed by atoms with Crippen LogP contribution in [-0.4, -0.2) is 28.6 Å². The van der Waals surface area contributed by atoms with Crippen molar-refractivity contribution in [1.29, 1.82) is 0 Å². The van der Waals surface area contributed by atoms with Gasteiger partial charge in [-0.1, -0.05) is 12.8 Å². The van der Waals surface area contributed by atoms with Crippen LogP contribution in [0.3, 0.4) is 0 Å². The van der Waals surface area contributed by atoms with E-state index in [0.717, 1.165) is 15.6 Å². The molecule has 106 valence electrons. The lowest BCUT2D eigenvalue weighted by atomic mass is 10.1. The number of rotatable bonds is 5. The second-order valence-electron chi connectivity index (χ2n) is 5.34. The van der Waals surface area contributed by atoms with Crippen molar-refractivity contribution >= 4 is 17.2 Å². The number of aliphatic hydroxyl groups excluding tert-OH is 1. The molecule has 0 aliphatic heterocycles. The highest BCUT2D eigenvalue weighted by atomic mass is 32.1. The fourth-order valence-corrected chi connectivity index (χ4v) is 3.60. The third-order valence-electron chi connectivity index (χ3n) is 3.57. The van der Waals surface area contributed by atoms with Gasteiger partial charge < -0.3 is 10.4 Å². The summed E-state index contributed by atoms with van der Waals surface area (Å²) < 4.78 is 0. The maximum atomic E-state index is 12.1. The molecule has 2 rings (SSSR count). The Morgan fingerprint density at radius 1 is 1.53 bits per heavy atom. The van der Waals surface area contributed by atoms with Gasteiger partial charge in [-0.2, -0.15) is 0 Å². The number of hydrogen-bond donors (Lipinski definition) is 2. The molecule has 1 saturated carbocycles. The van der Waals surface area contributed by atoms with Crippen LogP contribution >= 0.6 is 11.3 Å². The van der Waals surface area contributed by atoms with Crippen LogP contribution in [0, 0.1) is 6.92 Å². The largest absolute Gasteiger partial charge is 0.393 e. The molecule has 1 unspecified atom stereocenters. The van der Waals surface area contributed by atoms with E-state index in [9.17, 15) is 9.90 Å². The molecular formula is C14H22N2O2S. The van der Waals surface area contributed by atoms with Crippen LogP contribution in [0.25, 0.3) is 0 Å². The Balaban J connectivity index is 1.97. The number of nitrogens with zero attached hydrogens (tertiary/aromatic N) is 1. The lowest BCUT2D eigenvalue weighted by molar-refractivity contribution is 0.0949. The van der Waals surface area contributed by atoms with Crippen LogP contribution in [0.2, 0.25) is 0 Å². The fourth-order valence-electron chi connectivity index (χ4n) is 2.45. The van der Waals surface area contributed by atoms with Crippen LogP contribution in [0.4, 0.5) is 0 Å². The standard InChI is InChI=1S/C14H22N2O2S/c1-9(17)7-8-15-13(18)12-10(2)16-14(19-12)11-5-3-4-6-11/h9,11,17H,3-8H2,1-2H3,(H,15,18). The van der Waals surface area contributed by atoms with Crippen LogP contribution in [0.1, 0.15) is 65.3 Å². The third-order valence-corrected chi connectivity index (χ3v) is 4.89. The van der Waals surface area contributed by atoms with Gasteiger partial charge in [-0.25, -0.2) is 4.98 Å². The van der Waals surface area contributed by atoms with E-state index >= 15 is 0 Å². The lowest BCUT2D eigenvalue weighted by Crippen LogP contribution is -2.26. The molecule has 0 aromatic carbocycles. The molecule has 0 bridgehead atoms. The average Bonchev–Trinajstić information content (AvgIpc) is 2.96. The van der Waals surface area contributed by atoms with Gasteiger partial charge in [0.2, 0.25) is 0 Å². The Morgan fingerprint density at radius 3 is 2.84 bits per heavy atom. The van der Waals surface area contributed by atoms with E-state index in [4.69, 9.17) is 0 Å². The van der Waals surface area contributed by atoms with Crippen LogP contribution in [0.15, 0.2) is 0 Å². The topological polar surface area (TPSA) is 62.2 Å². The van der Waals surface area contributed by atoms with E-state index in [0.29, 0.717) is 18.9 Å². The Bertz CT molecular complexity index is 437. The Kier molecular flexibility index (Phi) is 4.93. The summed E-state index contributed by atoms with van der Waals surface area (Å²) in [6.07, 6.45) is 5.17. The molecule has 19 heavy (non-hydrogen) atoms. The smallest absolute Gasteiger partial charge is 0.263 e. The van der Waals surface area contributed by atoms with Crippen LogP contribution < -0.4 is 5.32 Å². The van der Waals surface area contributed by atoms with Crippen molar-refractivity contribution in [2.24, 2.45) is 0 Å². The summed E-state index contributed by atoms with van der Waals surface area (Å²) in [6.45, 7) is 4.13. The molecule has 5 heteroatoms. The first-order valence-electron chi connectivity index (χ1n) is 7.01. The SMILES string of the molecule is Cc1nc(C2CCCC2)sc1C(=O)NCCC(C)O. The normalized spacial score (nSPS) is 17.6. The molecular weight excluding hydrogens is 260 g/mol. The molecule has 1 heterocycles. The molecule has 1 amide bonds. The van der Waals surface area contributed by atoms with E-state index in [-0.39, 0.29) is 12.0 Å². The third kappa shape index (κ3) is 3.76. The van der Waals surface area contributed by atoms with Crippen LogP contribution in [0.5, 0.6) is 0 Å². The van der Waals surface area contributed by atoms with E-state index in [1.54, 1.807) is 6.92 Å². The molecule has 1 aliphatic carbocycles. The van der Waals surface area contributed by atoms with Crippen molar-refractivity contribution in [1.82, 2.24) is 10.3 Å². The summed E-state index contributed by atoms with van der Waals surface area (Å²) in [4.78, 5) is 17.3. The molecule has 1 atom stereocenters. The minimum Gasteiger partial charge on any atom is -0.393 e. The highest BCUT2D eigenvalue weighted by molar-refractivity contribution is 7.13. The number of carbonyl (C=O) groups is 1. The van der Waals surface area contributed by atoms with E-state index < -0.39 is 0 Å². The molecule has 0 saturated heterocycles. The van der Waals surface area contributed by atoms with E-state index in [1.165, 1.54) is 37.0 Å². The summed E-state index contributed by atoms with van der Waals surface area (Å²) in [5, 5.41) is 13.1. The first-order valence-corrected chi connectivity index (χ1v) is 7.83. The Labute approximate surface area is 118 Å². The Hall–Kier alpha value is -0.940. The molecule has 0 radical (unpaired) electrons. The highest BCUT2D eigenvalue weighted by Gasteiger charge is 2.23.